The number of ketones is 2. The van der Waals surface area contributed by atoms with Gasteiger partial charge in [0.1, 0.15) is 5.75 Å². The standard InChI is InChI=1S/C32H41N5O9/c1-22(38)35-27(19-24-9-11-26(39)12-10-24)30(41)20-25(18-23-6-3-2-4-7-23)32(44)36-28(21-31(42)43)29(40)8-5-14-45-16-17-46-15-13-34-37-33/h2-4,6-7,9-12,25,27-28,39H,5,8,13-21H2,1H3,(H,35,38)(H,36,44)(H,42,43)/t25-,27+,28+/m1/s1. The Morgan fingerprint density at radius 3 is 2.11 bits per heavy atom. The van der Waals surface area contributed by atoms with Crippen LogP contribution in [0.5, 0.6) is 5.75 Å². The number of azide groups is 1. The number of ether oxygens (including phenoxy) is 2. The average molecular weight is 640 g/mol. The van der Waals surface area contributed by atoms with Gasteiger partial charge in [-0.15, -0.1) is 0 Å². The number of nitrogens with zero attached hydrogens (tertiary/aromatic N) is 3. The third-order valence-corrected chi connectivity index (χ3v) is 6.85. The van der Waals surface area contributed by atoms with E-state index in [9.17, 15) is 34.2 Å². The fourth-order valence-electron chi connectivity index (χ4n) is 4.60. The Balaban J connectivity index is 2.08. The monoisotopic (exact) mass is 639 g/mol. The fraction of sp³-hybridized carbons (Fsp3) is 0.469. The number of rotatable bonds is 23. The molecule has 0 spiro atoms. The Morgan fingerprint density at radius 1 is 0.826 bits per heavy atom. The quantitative estimate of drug-likeness (QED) is 0.0607. The number of hydrogen-bond donors (Lipinski definition) is 4. The van der Waals surface area contributed by atoms with Gasteiger partial charge in [0.05, 0.1) is 38.3 Å². The van der Waals surface area contributed by atoms with E-state index in [1.54, 1.807) is 42.5 Å². The van der Waals surface area contributed by atoms with E-state index in [1.807, 2.05) is 0 Å². The molecule has 0 heterocycles. The number of aromatic hydroxyl groups is 1. The Kier molecular flexibility index (Phi) is 17.1. The van der Waals surface area contributed by atoms with Crippen molar-refractivity contribution in [1.82, 2.24) is 10.6 Å². The third kappa shape index (κ3) is 15.3. The minimum atomic E-state index is -1.31. The zero-order chi connectivity index (χ0) is 33.7. The van der Waals surface area contributed by atoms with Crippen molar-refractivity contribution in [2.45, 2.75) is 57.5 Å². The first-order valence-electron chi connectivity index (χ1n) is 14.9. The second-order valence-corrected chi connectivity index (χ2v) is 10.6. The van der Waals surface area contributed by atoms with E-state index in [0.29, 0.717) is 5.56 Å². The van der Waals surface area contributed by atoms with Gasteiger partial charge in [0.15, 0.2) is 11.6 Å². The number of amides is 2. The van der Waals surface area contributed by atoms with Crippen molar-refractivity contribution in [3.63, 3.8) is 0 Å². The summed E-state index contributed by atoms with van der Waals surface area (Å²) in [6.07, 6.45) is -0.414. The summed E-state index contributed by atoms with van der Waals surface area (Å²) in [6, 6.07) is 12.9. The number of carboxylic acids is 1. The molecule has 0 saturated carbocycles. The second-order valence-electron chi connectivity index (χ2n) is 10.6. The summed E-state index contributed by atoms with van der Waals surface area (Å²) in [6.45, 7) is 2.47. The lowest BCUT2D eigenvalue weighted by Gasteiger charge is -2.23. The molecule has 0 aliphatic carbocycles. The number of carbonyl (C=O) groups is 5. The van der Waals surface area contributed by atoms with Gasteiger partial charge in [-0.25, -0.2) is 0 Å². The maximum absolute atomic E-state index is 13.6. The van der Waals surface area contributed by atoms with Gasteiger partial charge in [-0.05, 0) is 48.1 Å². The molecule has 2 rings (SSSR count). The molecule has 0 aromatic heterocycles. The fourth-order valence-corrected chi connectivity index (χ4v) is 4.60. The lowest BCUT2D eigenvalue weighted by molar-refractivity contribution is -0.141. The van der Waals surface area contributed by atoms with E-state index >= 15 is 0 Å². The van der Waals surface area contributed by atoms with Gasteiger partial charge >= 0.3 is 5.97 Å². The van der Waals surface area contributed by atoms with Gasteiger partial charge in [-0.2, -0.15) is 0 Å². The summed E-state index contributed by atoms with van der Waals surface area (Å²) in [7, 11) is 0. The Bertz CT molecular complexity index is 1330. The van der Waals surface area contributed by atoms with Gasteiger partial charge < -0.3 is 30.3 Å². The lowest BCUT2D eigenvalue weighted by Crippen LogP contribution is -2.47. The molecule has 0 saturated heterocycles. The third-order valence-electron chi connectivity index (χ3n) is 6.85. The molecular formula is C32H41N5O9. The lowest BCUT2D eigenvalue weighted by atomic mass is 9.89. The predicted molar refractivity (Wildman–Crippen MR) is 167 cm³/mol. The Morgan fingerprint density at radius 2 is 1.48 bits per heavy atom. The molecule has 0 radical (unpaired) electrons. The molecule has 2 aromatic rings. The van der Waals surface area contributed by atoms with Crippen molar-refractivity contribution < 1.29 is 43.7 Å². The number of phenolic OH excluding ortho intramolecular Hbond substituents is 1. The van der Waals surface area contributed by atoms with Crippen LogP contribution in [0.15, 0.2) is 59.7 Å². The molecule has 248 valence electrons. The topological polar surface area (TPSA) is 217 Å². The maximum Gasteiger partial charge on any atom is 0.305 e. The molecule has 0 aliphatic heterocycles. The van der Waals surface area contributed by atoms with Crippen LogP contribution in [0.3, 0.4) is 0 Å². The minimum absolute atomic E-state index is 0.0461. The van der Waals surface area contributed by atoms with E-state index in [4.69, 9.17) is 15.0 Å². The number of phenols is 1. The zero-order valence-electron chi connectivity index (χ0n) is 25.8. The second kappa shape index (κ2) is 21.0. The first-order valence-corrected chi connectivity index (χ1v) is 14.9. The van der Waals surface area contributed by atoms with Gasteiger partial charge in [-0.1, -0.05) is 47.6 Å². The van der Waals surface area contributed by atoms with Gasteiger partial charge in [-0.3, -0.25) is 24.0 Å². The highest BCUT2D eigenvalue weighted by Gasteiger charge is 2.31. The predicted octanol–water partition coefficient (Wildman–Crippen LogP) is 2.91. The van der Waals surface area contributed by atoms with Gasteiger partial charge in [0.25, 0.3) is 0 Å². The number of nitrogens with one attached hydrogen (secondary N) is 2. The van der Waals surface area contributed by atoms with Gasteiger partial charge in [0.2, 0.25) is 11.8 Å². The SMILES string of the molecule is CC(=O)N[C@@H](Cc1ccc(O)cc1)C(=O)C[C@@H](Cc1ccccc1)C(=O)N[C@@H](CC(=O)O)C(=O)CCCOCCOCCN=[N+]=[N-]. The number of hydrogen-bond acceptors (Lipinski definition) is 9. The molecule has 0 unspecified atom stereocenters. The summed E-state index contributed by atoms with van der Waals surface area (Å²) in [5.41, 5.74) is 9.67. The molecule has 4 N–H and O–H groups in total. The highest BCUT2D eigenvalue weighted by atomic mass is 16.5. The number of Topliss-reactive ketones (excluding diaryl/α,β-unsaturated/α-hetero) is 2. The summed E-state index contributed by atoms with van der Waals surface area (Å²) >= 11 is 0. The number of benzene rings is 2. The molecule has 0 bridgehead atoms. The number of carboxylic acid groups (broad SMARTS) is 1. The Labute approximate surface area is 267 Å². The van der Waals surface area contributed by atoms with Crippen LogP contribution in [0.2, 0.25) is 0 Å². The molecule has 46 heavy (non-hydrogen) atoms. The molecule has 14 nitrogen and oxygen atoms in total. The zero-order valence-corrected chi connectivity index (χ0v) is 25.8. The van der Waals surface area contributed by atoms with Crippen LogP contribution in [-0.4, -0.2) is 84.6 Å². The summed E-state index contributed by atoms with van der Waals surface area (Å²) in [4.78, 5) is 66.2. The smallest absolute Gasteiger partial charge is 0.305 e. The Hall–Kier alpha value is -4.78. The summed E-state index contributed by atoms with van der Waals surface area (Å²) in [5.74, 6) is -4.18. The van der Waals surface area contributed by atoms with Crippen LogP contribution in [-0.2, 0) is 46.3 Å². The molecule has 2 amide bonds. The molecule has 3 atom stereocenters. The van der Waals surface area contributed by atoms with E-state index in [1.165, 1.54) is 19.1 Å². The molecule has 14 heteroatoms. The minimum Gasteiger partial charge on any atom is -0.508 e. The van der Waals surface area contributed by atoms with Crippen LogP contribution in [0.4, 0.5) is 0 Å². The van der Waals surface area contributed by atoms with Crippen LogP contribution in [0.1, 0.15) is 43.7 Å². The number of carbonyl (C=O) groups excluding carboxylic acids is 4. The average Bonchev–Trinajstić information content (AvgIpc) is 3.02. The molecule has 0 aliphatic rings. The van der Waals surface area contributed by atoms with Crippen LogP contribution in [0, 0.1) is 5.92 Å². The van der Waals surface area contributed by atoms with Crippen molar-refractivity contribution in [3.05, 3.63) is 76.2 Å². The summed E-state index contributed by atoms with van der Waals surface area (Å²) in [5, 5.41) is 27.6. The molecule has 2 aromatic carbocycles. The van der Waals surface area contributed by atoms with E-state index in [-0.39, 0.29) is 70.8 Å². The molecular weight excluding hydrogens is 598 g/mol. The van der Waals surface area contributed by atoms with Crippen molar-refractivity contribution in [2.24, 2.45) is 11.0 Å². The van der Waals surface area contributed by atoms with Gasteiger partial charge in [0, 0.05) is 43.7 Å². The van der Waals surface area contributed by atoms with Crippen molar-refractivity contribution in [2.75, 3.05) is 33.0 Å². The summed E-state index contributed by atoms with van der Waals surface area (Å²) < 4.78 is 10.6. The van der Waals surface area contributed by atoms with Crippen LogP contribution in [0.25, 0.3) is 10.4 Å². The molecule has 0 fully saturated rings. The highest BCUT2D eigenvalue weighted by molar-refractivity contribution is 5.95. The van der Waals surface area contributed by atoms with Crippen LogP contribution < -0.4 is 10.6 Å². The highest BCUT2D eigenvalue weighted by Crippen LogP contribution is 2.18. The van der Waals surface area contributed by atoms with Crippen molar-refractivity contribution >= 4 is 29.4 Å². The normalized spacial score (nSPS) is 12.6. The van der Waals surface area contributed by atoms with Crippen LogP contribution >= 0.6 is 0 Å². The van der Waals surface area contributed by atoms with E-state index < -0.39 is 53.8 Å². The first kappa shape index (κ1) is 37.4. The van der Waals surface area contributed by atoms with Crippen molar-refractivity contribution in [3.8, 4) is 5.75 Å². The maximum atomic E-state index is 13.6. The van der Waals surface area contributed by atoms with E-state index in [0.717, 1.165) is 5.56 Å². The van der Waals surface area contributed by atoms with E-state index in [2.05, 4.69) is 20.7 Å². The first-order chi connectivity index (χ1) is 22.1. The largest absolute Gasteiger partial charge is 0.508 e. The van der Waals surface area contributed by atoms with Crippen molar-refractivity contribution in [1.29, 1.82) is 0 Å². The number of aliphatic carboxylic acids is 1.